The Kier molecular flexibility index (Phi) is 4.47. The van der Waals surface area contributed by atoms with Gasteiger partial charge in [-0.1, -0.05) is 72.8 Å². The molecule has 0 aliphatic carbocycles. The fourth-order valence-electron chi connectivity index (χ4n) is 4.21. The maximum atomic E-state index is 4.85. The number of pyridine rings is 2. The number of hydrogen-bond donors (Lipinski definition) is 0. The van der Waals surface area contributed by atoms with E-state index in [1.165, 1.54) is 33.0 Å². The smallest absolute Gasteiger partial charge is 0.0709 e. The van der Waals surface area contributed by atoms with Crippen LogP contribution in [-0.2, 0) is 0 Å². The first-order valence-electron chi connectivity index (χ1n) is 10.7. The van der Waals surface area contributed by atoms with Crippen LogP contribution >= 0.6 is 0 Å². The minimum absolute atomic E-state index is 1.00. The Bertz CT molecular complexity index is 1550. The SMILES string of the molecule is c1ccc2nc(-c3ccc4cc(-c5ccc(-c6ccncc6)cc5)ccc4c3)ccc2c1. The second-order valence-corrected chi connectivity index (χ2v) is 7.98. The molecule has 2 heterocycles. The zero-order valence-corrected chi connectivity index (χ0v) is 17.4. The van der Waals surface area contributed by atoms with Gasteiger partial charge < -0.3 is 0 Å². The maximum Gasteiger partial charge on any atom is 0.0709 e. The summed E-state index contributed by atoms with van der Waals surface area (Å²) in [6, 6.07) is 38.5. The molecule has 0 amide bonds. The average molecular weight is 409 g/mol. The Balaban J connectivity index is 1.33. The number of aromatic nitrogens is 2. The van der Waals surface area contributed by atoms with Gasteiger partial charge in [-0.2, -0.15) is 0 Å². The predicted octanol–water partition coefficient (Wildman–Crippen LogP) is 7.78. The highest BCUT2D eigenvalue weighted by Gasteiger charge is 2.05. The molecule has 0 saturated heterocycles. The number of nitrogens with zero attached hydrogens (tertiary/aromatic N) is 2. The van der Waals surface area contributed by atoms with Crippen LogP contribution in [0, 0.1) is 0 Å². The number of rotatable bonds is 3. The highest BCUT2D eigenvalue weighted by molar-refractivity contribution is 5.91. The highest BCUT2D eigenvalue weighted by atomic mass is 14.7. The van der Waals surface area contributed by atoms with Gasteiger partial charge in [-0.05, 0) is 69.4 Å². The normalized spacial score (nSPS) is 11.1. The number of benzene rings is 4. The van der Waals surface area contributed by atoms with Gasteiger partial charge in [0, 0.05) is 23.3 Å². The second kappa shape index (κ2) is 7.75. The standard InChI is InChI=1S/C30H20N2/c1-2-4-29-24(3-1)13-14-30(32-29)28-12-11-26-19-25(9-10-27(26)20-28)22-7-5-21(6-8-22)23-15-17-31-18-16-23/h1-20H. The van der Waals surface area contributed by atoms with Gasteiger partial charge in [0.05, 0.1) is 11.2 Å². The van der Waals surface area contributed by atoms with Crippen LogP contribution in [0.5, 0.6) is 0 Å². The van der Waals surface area contributed by atoms with Crippen molar-refractivity contribution in [2.75, 3.05) is 0 Å². The molecule has 6 aromatic rings. The number of fused-ring (bicyclic) bond motifs is 2. The van der Waals surface area contributed by atoms with E-state index in [0.29, 0.717) is 0 Å². The van der Waals surface area contributed by atoms with Crippen LogP contribution in [-0.4, -0.2) is 9.97 Å². The number of hydrogen-bond acceptors (Lipinski definition) is 2. The summed E-state index contributed by atoms with van der Waals surface area (Å²) < 4.78 is 0. The van der Waals surface area contributed by atoms with Crippen LogP contribution in [0.3, 0.4) is 0 Å². The van der Waals surface area contributed by atoms with Crippen LogP contribution in [0.25, 0.3) is 55.2 Å². The van der Waals surface area contributed by atoms with Gasteiger partial charge >= 0.3 is 0 Å². The summed E-state index contributed by atoms with van der Waals surface area (Å²) in [6.45, 7) is 0. The molecule has 0 N–H and O–H groups in total. The first kappa shape index (κ1) is 18.5. The van der Waals surface area contributed by atoms with E-state index in [1.807, 2.05) is 36.7 Å². The summed E-state index contributed by atoms with van der Waals surface area (Å²) in [6.07, 6.45) is 3.66. The maximum absolute atomic E-state index is 4.85. The molecule has 6 rings (SSSR count). The van der Waals surface area contributed by atoms with Crippen LogP contribution < -0.4 is 0 Å². The highest BCUT2D eigenvalue weighted by Crippen LogP contribution is 2.30. The molecule has 0 spiro atoms. The summed E-state index contributed by atoms with van der Waals surface area (Å²) in [4.78, 5) is 8.95. The lowest BCUT2D eigenvalue weighted by molar-refractivity contribution is 1.33. The van der Waals surface area contributed by atoms with E-state index in [4.69, 9.17) is 4.98 Å². The summed E-state index contributed by atoms with van der Waals surface area (Å²) in [7, 11) is 0. The molecule has 0 saturated carbocycles. The molecule has 0 bridgehead atoms. The molecule has 0 radical (unpaired) electrons. The van der Waals surface area contributed by atoms with Crippen LogP contribution in [0.4, 0.5) is 0 Å². The third-order valence-electron chi connectivity index (χ3n) is 5.97. The van der Waals surface area contributed by atoms with E-state index < -0.39 is 0 Å². The Morgan fingerprint density at radius 2 is 0.969 bits per heavy atom. The molecule has 2 nitrogen and oxygen atoms in total. The molecule has 0 unspecified atom stereocenters. The van der Waals surface area contributed by atoms with E-state index in [9.17, 15) is 0 Å². The fraction of sp³-hybridized carbons (Fsp3) is 0. The molecular weight excluding hydrogens is 388 g/mol. The lowest BCUT2D eigenvalue weighted by Crippen LogP contribution is -1.86. The molecule has 2 heteroatoms. The zero-order chi connectivity index (χ0) is 21.3. The van der Waals surface area contributed by atoms with Gasteiger partial charge in [0.2, 0.25) is 0 Å². The van der Waals surface area contributed by atoms with Gasteiger partial charge in [0.15, 0.2) is 0 Å². The van der Waals surface area contributed by atoms with E-state index in [-0.39, 0.29) is 0 Å². The predicted molar refractivity (Wildman–Crippen MR) is 133 cm³/mol. The minimum atomic E-state index is 1.00. The van der Waals surface area contributed by atoms with E-state index in [1.54, 1.807) is 0 Å². The quantitative estimate of drug-likeness (QED) is 0.299. The van der Waals surface area contributed by atoms with Crippen molar-refractivity contribution in [2.24, 2.45) is 0 Å². The largest absolute Gasteiger partial charge is 0.265 e. The van der Waals surface area contributed by atoms with Crippen molar-refractivity contribution in [1.29, 1.82) is 0 Å². The van der Waals surface area contributed by atoms with Gasteiger partial charge in [-0.25, -0.2) is 4.98 Å². The summed E-state index contributed by atoms with van der Waals surface area (Å²) in [5.41, 5.74) is 7.97. The van der Waals surface area contributed by atoms with Gasteiger partial charge in [0.25, 0.3) is 0 Å². The fourth-order valence-corrected chi connectivity index (χ4v) is 4.21. The molecule has 32 heavy (non-hydrogen) atoms. The Morgan fingerprint density at radius 1 is 0.406 bits per heavy atom. The molecular formula is C30H20N2. The summed E-state index contributed by atoms with van der Waals surface area (Å²) >= 11 is 0. The molecule has 0 aliphatic heterocycles. The second-order valence-electron chi connectivity index (χ2n) is 7.98. The minimum Gasteiger partial charge on any atom is -0.265 e. The van der Waals surface area contributed by atoms with Crippen molar-refractivity contribution < 1.29 is 0 Å². The Labute approximate surface area is 186 Å². The van der Waals surface area contributed by atoms with Gasteiger partial charge in [-0.3, -0.25) is 4.98 Å². The van der Waals surface area contributed by atoms with Crippen molar-refractivity contribution in [1.82, 2.24) is 9.97 Å². The summed E-state index contributed by atoms with van der Waals surface area (Å²) in [5, 5.41) is 3.61. The van der Waals surface area contributed by atoms with Crippen LogP contribution in [0.1, 0.15) is 0 Å². The van der Waals surface area contributed by atoms with Crippen molar-refractivity contribution >= 4 is 21.7 Å². The molecule has 0 aliphatic rings. The topological polar surface area (TPSA) is 25.8 Å². The molecule has 150 valence electrons. The third-order valence-corrected chi connectivity index (χ3v) is 5.97. The molecule has 2 aromatic heterocycles. The molecule has 4 aromatic carbocycles. The monoisotopic (exact) mass is 408 g/mol. The van der Waals surface area contributed by atoms with Crippen molar-refractivity contribution in [3.8, 4) is 33.5 Å². The van der Waals surface area contributed by atoms with Crippen LogP contribution in [0.15, 0.2) is 122 Å². The van der Waals surface area contributed by atoms with E-state index in [2.05, 4.69) is 89.9 Å². The third kappa shape index (κ3) is 3.42. The lowest BCUT2D eigenvalue weighted by Gasteiger charge is -2.08. The molecule has 0 fully saturated rings. The van der Waals surface area contributed by atoms with Crippen molar-refractivity contribution in [3.63, 3.8) is 0 Å². The van der Waals surface area contributed by atoms with Gasteiger partial charge in [-0.15, -0.1) is 0 Å². The van der Waals surface area contributed by atoms with Crippen LogP contribution in [0.2, 0.25) is 0 Å². The van der Waals surface area contributed by atoms with Crippen molar-refractivity contribution in [3.05, 3.63) is 122 Å². The van der Waals surface area contributed by atoms with Crippen molar-refractivity contribution in [2.45, 2.75) is 0 Å². The average Bonchev–Trinajstić information content (AvgIpc) is 2.88. The Morgan fingerprint density at radius 3 is 1.75 bits per heavy atom. The van der Waals surface area contributed by atoms with E-state index in [0.717, 1.165) is 22.2 Å². The first-order valence-corrected chi connectivity index (χ1v) is 10.7. The molecule has 0 atom stereocenters. The van der Waals surface area contributed by atoms with Gasteiger partial charge in [0.1, 0.15) is 0 Å². The Hall–Kier alpha value is -4.30. The van der Waals surface area contributed by atoms with E-state index >= 15 is 0 Å². The zero-order valence-electron chi connectivity index (χ0n) is 17.4. The first-order chi connectivity index (χ1) is 15.8. The summed E-state index contributed by atoms with van der Waals surface area (Å²) in [5.74, 6) is 0. The number of para-hydroxylation sites is 1. The lowest BCUT2D eigenvalue weighted by atomic mass is 9.97.